The fourth-order valence-electron chi connectivity index (χ4n) is 9.45. The second kappa shape index (κ2) is 4.36. The summed E-state index contributed by atoms with van der Waals surface area (Å²) in [6, 6.07) is 0. The summed E-state index contributed by atoms with van der Waals surface area (Å²) in [5.41, 5.74) is 0. The summed E-state index contributed by atoms with van der Waals surface area (Å²) in [5, 5.41) is 1.74. The molecule has 8 aliphatic rings. The van der Waals surface area contributed by atoms with Crippen LogP contribution in [0.3, 0.4) is 0 Å². The van der Waals surface area contributed by atoms with Gasteiger partial charge in [0.25, 0.3) is 0 Å². The van der Waals surface area contributed by atoms with Crippen molar-refractivity contribution in [3.8, 4) is 0 Å². The Balaban J connectivity index is 1.36. The maximum atomic E-state index is 2.83. The van der Waals surface area contributed by atoms with Crippen LogP contribution in [0.15, 0.2) is 0 Å². The summed E-state index contributed by atoms with van der Waals surface area (Å²) in [6.07, 6.45) is 19.8. The predicted octanol–water partition coefficient (Wildman–Crippen LogP) is 4.95. The van der Waals surface area contributed by atoms with E-state index in [0.717, 1.165) is 45.8 Å². The fourth-order valence-corrected chi connectivity index (χ4v) is 13.7. The van der Waals surface area contributed by atoms with E-state index in [4.69, 9.17) is 0 Å². The summed E-state index contributed by atoms with van der Waals surface area (Å²) in [5.74, 6) is 6.95. The smallest absolute Gasteiger partial charge is 0.135 e. The zero-order chi connectivity index (χ0) is 14.5. The molecule has 8 aliphatic carbocycles. The SMILES string of the molecule is BP(C12C[C@H]3C[C@@H](C1)C[C@@H](C2)C3)C12C[C@H]3C[C@@H](C1)C[C@@H](C2)C3. The van der Waals surface area contributed by atoms with Crippen molar-refractivity contribution in [2.45, 2.75) is 87.4 Å². The van der Waals surface area contributed by atoms with Crippen LogP contribution >= 0.6 is 7.80 Å². The van der Waals surface area contributed by atoms with Crippen molar-refractivity contribution in [3.05, 3.63) is 0 Å². The van der Waals surface area contributed by atoms with E-state index in [-0.39, 0.29) is 7.80 Å². The predicted molar refractivity (Wildman–Crippen MR) is 97.3 cm³/mol. The van der Waals surface area contributed by atoms with Crippen LogP contribution in [-0.2, 0) is 0 Å². The Morgan fingerprint density at radius 1 is 0.500 bits per heavy atom. The minimum atomic E-state index is 0.271. The van der Waals surface area contributed by atoms with Gasteiger partial charge in [0.2, 0.25) is 0 Å². The molecule has 0 atom stereocenters. The first kappa shape index (κ1) is 13.7. The number of hydrogen-bond donors (Lipinski definition) is 0. The van der Waals surface area contributed by atoms with E-state index >= 15 is 0 Å². The highest BCUT2D eigenvalue weighted by Crippen LogP contribution is 2.77. The molecule has 0 aromatic heterocycles. The molecule has 2 heteroatoms. The molecule has 0 saturated heterocycles. The molecule has 0 aromatic carbocycles. The molecule has 0 heterocycles. The molecule has 0 N–H and O–H groups in total. The van der Waals surface area contributed by atoms with Gasteiger partial charge in [-0.05, 0) is 123 Å². The van der Waals surface area contributed by atoms with Gasteiger partial charge < -0.3 is 0 Å². The van der Waals surface area contributed by atoms with Gasteiger partial charge in [-0.15, -0.1) is 7.80 Å². The van der Waals surface area contributed by atoms with Crippen LogP contribution in [0.4, 0.5) is 0 Å². The van der Waals surface area contributed by atoms with Crippen molar-refractivity contribution < 1.29 is 0 Å². The molecule has 8 bridgehead atoms. The fraction of sp³-hybridized carbons (Fsp3) is 1.00. The molecule has 0 aromatic rings. The van der Waals surface area contributed by atoms with Crippen molar-refractivity contribution in [2.75, 3.05) is 0 Å². The Morgan fingerprint density at radius 2 is 0.727 bits per heavy atom. The largest absolute Gasteiger partial charge is 0.136 e. The maximum Gasteiger partial charge on any atom is 0.135 e. The lowest BCUT2D eigenvalue weighted by Gasteiger charge is -2.67. The first-order valence-corrected chi connectivity index (χ1v) is 12.2. The van der Waals surface area contributed by atoms with Gasteiger partial charge in [-0.25, -0.2) is 0 Å². The van der Waals surface area contributed by atoms with Crippen LogP contribution in [0.2, 0.25) is 0 Å². The van der Waals surface area contributed by atoms with Crippen molar-refractivity contribution >= 4 is 15.4 Å². The normalized spacial score (nSPS) is 62.5. The summed E-state index contributed by atoms with van der Waals surface area (Å²) in [4.78, 5) is 0. The maximum absolute atomic E-state index is 2.83. The van der Waals surface area contributed by atoms with Gasteiger partial charge in [-0.2, -0.15) is 0 Å². The van der Waals surface area contributed by atoms with Gasteiger partial charge in [0.05, 0.1) is 0 Å². The molecule has 8 saturated carbocycles. The van der Waals surface area contributed by atoms with Crippen molar-refractivity contribution in [1.29, 1.82) is 0 Å². The van der Waals surface area contributed by atoms with Gasteiger partial charge in [-0.3, -0.25) is 0 Å². The monoisotopic (exact) mass is 314 g/mol. The average Bonchev–Trinajstić information content (AvgIpc) is 2.43. The quantitative estimate of drug-likeness (QED) is 0.499. The highest BCUT2D eigenvalue weighted by molar-refractivity contribution is 7.84. The van der Waals surface area contributed by atoms with Gasteiger partial charge in [0.1, 0.15) is 7.57 Å². The van der Waals surface area contributed by atoms with Crippen LogP contribution < -0.4 is 0 Å². The average molecular weight is 314 g/mol. The van der Waals surface area contributed by atoms with E-state index in [1.54, 1.807) is 77.0 Å². The third-order valence-electron chi connectivity index (χ3n) is 9.43. The van der Waals surface area contributed by atoms with Crippen LogP contribution in [0.1, 0.15) is 77.0 Å². The zero-order valence-corrected chi connectivity index (χ0v) is 15.3. The first-order valence-electron chi connectivity index (χ1n) is 10.4. The Hall–Kier alpha value is 0.495. The summed E-state index contributed by atoms with van der Waals surface area (Å²) >= 11 is 0. The Kier molecular flexibility index (Phi) is 2.73. The van der Waals surface area contributed by atoms with Gasteiger partial charge in [-0.1, -0.05) is 0 Å². The highest BCUT2D eigenvalue weighted by atomic mass is 31.1. The summed E-state index contributed by atoms with van der Waals surface area (Å²) in [6.45, 7) is 0. The van der Waals surface area contributed by atoms with Crippen LogP contribution in [0.5, 0.6) is 0 Å². The van der Waals surface area contributed by atoms with Gasteiger partial charge in [0, 0.05) is 0 Å². The zero-order valence-electron chi connectivity index (χ0n) is 14.4. The lowest BCUT2D eigenvalue weighted by Crippen LogP contribution is -2.56. The summed E-state index contributed by atoms with van der Waals surface area (Å²) in [7, 11) is 3.10. The lowest BCUT2D eigenvalue weighted by atomic mass is 9.55. The molecular weight excluding hydrogens is 282 g/mol. The van der Waals surface area contributed by atoms with Gasteiger partial charge >= 0.3 is 0 Å². The molecule has 0 spiro atoms. The van der Waals surface area contributed by atoms with E-state index < -0.39 is 0 Å². The van der Waals surface area contributed by atoms with Gasteiger partial charge in [0.15, 0.2) is 0 Å². The molecule has 0 amide bonds. The molecule has 0 unspecified atom stereocenters. The van der Waals surface area contributed by atoms with E-state index in [1.165, 1.54) is 0 Å². The third-order valence-corrected chi connectivity index (χ3v) is 13.4. The van der Waals surface area contributed by atoms with E-state index in [9.17, 15) is 0 Å². The van der Waals surface area contributed by atoms with Crippen molar-refractivity contribution in [2.24, 2.45) is 35.5 Å². The number of rotatable bonds is 2. The van der Waals surface area contributed by atoms with Crippen LogP contribution in [-0.4, -0.2) is 17.9 Å². The molecule has 8 rings (SSSR count). The van der Waals surface area contributed by atoms with E-state index in [0.29, 0.717) is 0 Å². The molecule has 120 valence electrons. The van der Waals surface area contributed by atoms with Crippen molar-refractivity contribution in [3.63, 3.8) is 0 Å². The lowest BCUT2D eigenvalue weighted by molar-refractivity contribution is 0.0201. The van der Waals surface area contributed by atoms with Crippen LogP contribution in [0, 0.1) is 35.5 Å². The molecule has 0 radical (unpaired) electrons. The topological polar surface area (TPSA) is 0 Å². The molecule has 0 aliphatic heterocycles. The molecular formula is C20H32BP. The standard InChI is InChI=1S/C20H32BP/c21-22(19-7-13-1-14(8-19)3-15(2-13)9-19)20-10-16-4-17(11-20)6-18(5-16)12-20/h13-18H,1-12,21H2/t13-,14+,15-,16-,17+,18-,19?,20?,22?. The van der Waals surface area contributed by atoms with Crippen molar-refractivity contribution in [1.82, 2.24) is 0 Å². The van der Waals surface area contributed by atoms with E-state index in [1.807, 2.05) is 0 Å². The first-order chi connectivity index (χ1) is 10.6. The second-order valence-electron chi connectivity index (χ2n) is 10.8. The summed E-state index contributed by atoms with van der Waals surface area (Å²) < 4.78 is 0. The number of hydrogen-bond acceptors (Lipinski definition) is 0. The molecule has 22 heavy (non-hydrogen) atoms. The third kappa shape index (κ3) is 1.76. The molecule has 8 fully saturated rings. The van der Waals surface area contributed by atoms with E-state index in [2.05, 4.69) is 7.57 Å². The molecule has 0 nitrogen and oxygen atoms in total. The minimum absolute atomic E-state index is 0.271. The Labute approximate surface area is 138 Å². The highest BCUT2D eigenvalue weighted by Gasteiger charge is 2.60. The Bertz CT molecular complexity index is 383. The van der Waals surface area contributed by atoms with Crippen LogP contribution in [0.25, 0.3) is 0 Å². The second-order valence-corrected chi connectivity index (χ2v) is 13.9. The Morgan fingerprint density at radius 3 is 0.955 bits per heavy atom. The minimum Gasteiger partial charge on any atom is -0.136 e.